The number of anilines is 1. The maximum absolute atomic E-state index is 11.6. The summed E-state index contributed by atoms with van der Waals surface area (Å²) in [5, 5.41) is 8.76. The van der Waals surface area contributed by atoms with Gasteiger partial charge in [0.2, 0.25) is 0 Å². The molecule has 0 aliphatic carbocycles. The van der Waals surface area contributed by atoms with Crippen LogP contribution in [0.3, 0.4) is 0 Å². The highest BCUT2D eigenvalue weighted by atomic mass is 32.2. The van der Waals surface area contributed by atoms with Crippen LogP contribution in [-0.4, -0.2) is 32.8 Å². The Balaban J connectivity index is 2.69. The third-order valence-corrected chi connectivity index (χ3v) is 3.24. The third-order valence-electron chi connectivity index (χ3n) is 2.30. The Labute approximate surface area is 118 Å². The molecule has 0 atom stereocenters. The van der Waals surface area contributed by atoms with Gasteiger partial charge in [-0.15, -0.1) is 0 Å². The van der Waals surface area contributed by atoms with Gasteiger partial charge in [-0.3, -0.25) is 4.72 Å². The highest BCUT2D eigenvalue weighted by Crippen LogP contribution is 2.13. The fourth-order valence-electron chi connectivity index (χ4n) is 1.52. The smallest absolute Gasteiger partial charge is 0.422 e. The quantitative estimate of drug-likeness (QED) is 0.697. The maximum atomic E-state index is 11.6. The van der Waals surface area contributed by atoms with Crippen LogP contribution in [0.1, 0.15) is 18.9 Å². The van der Waals surface area contributed by atoms with E-state index < -0.39 is 16.3 Å². The molecule has 1 aromatic carbocycles. The van der Waals surface area contributed by atoms with E-state index in [0.29, 0.717) is 18.5 Å². The Morgan fingerprint density at radius 2 is 2.15 bits per heavy atom. The molecule has 7 nitrogen and oxygen atoms in total. The summed E-state index contributed by atoms with van der Waals surface area (Å²) in [4.78, 5) is 11.1. The normalized spacial score (nSPS) is 10.9. The van der Waals surface area contributed by atoms with Crippen LogP contribution in [0, 0.1) is 0 Å². The molecule has 0 aliphatic rings. The van der Waals surface area contributed by atoms with Gasteiger partial charge in [-0.1, -0.05) is 12.1 Å². The highest BCUT2D eigenvalue weighted by Gasteiger charge is 2.14. The molecule has 112 valence electrons. The van der Waals surface area contributed by atoms with Gasteiger partial charge in [0, 0.05) is 6.61 Å². The second-order valence-electron chi connectivity index (χ2n) is 3.96. The number of amides is 1. The van der Waals surface area contributed by atoms with E-state index in [9.17, 15) is 13.2 Å². The molecule has 0 spiro atoms. The zero-order valence-electron chi connectivity index (χ0n) is 11.1. The van der Waals surface area contributed by atoms with E-state index in [1.807, 2.05) is 6.07 Å². The zero-order chi connectivity index (χ0) is 15.0. The van der Waals surface area contributed by atoms with Crippen molar-refractivity contribution < 1.29 is 23.1 Å². The first kappa shape index (κ1) is 16.3. The van der Waals surface area contributed by atoms with E-state index in [-0.39, 0.29) is 13.2 Å². The molecular formula is C12H18N2O5S. The number of rotatable bonds is 7. The van der Waals surface area contributed by atoms with Gasteiger partial charge in [0.1, 0.15) is 0 Å². The third kappa shape index (κ3) is 5.89. The molecule has 0 bridgehead atoms. The maximum Gasteiger partial charge on any atom is 0.422 e. The Morgan fingerprint density at radius 1 is 1.40 bits per heavy atom. The number of aryl methyl sites for hydroxylation is 1. The van der Waals surface area contributed by atoms with Gasteiger partial charge in [-0.05, 0) is 37.5 Å². The molecule has 1 aromatic rings. The number of aliphatic hydroxyl groups is 1. The molecule has 0 aromatic heterocycles. The summed E-state index contributed by atoms with van der Waals surface area (Å²) in [5.74, 6) is 0. The minimum Gasteiger partial charge on any atom is -0.449 e. The summed E-state index contributed by atoms with van der Waals surface area (Å²) in [6.07, 6.45) is 0.200. The predicted octanol–water partition coefficient (Wildman–Crippen LogP) is 1.01. The summed E-state index contributed by atoms with van der Waals surface area (Å²) in [6, 6.07) is 6.72. The van der Waals surface area contributed by atoms with E-state index in [2.05, 4.69) is 9.46 Å². The Bertz CT molecular complexity index is 545. The topological polar surface area (TPSA) is 105 Å². The van der Waals surface area contributed by atoms with Crippen LogP contribution in [0.25, 0.3) is 0 Å². The number of carbonyl (C=O) groups is 1. The Morgan fingerprint density at radius 3 is 2.80 bits per heavy atom. The molecule has 0 fully saturated rings. The molecule has 1 rings (SSSR count). The minimum atomic E-state index is -4.02. The Kier molecular flexibility index (Phi) is 6.26. The van der Waals surface area contributed by atoms with Crippen LogP contribution in [0.15, 0.2) is 24.3 Å². The molecular weight excluding hydrogens is 284 g/mol. The van der Waals surface area contributed by atoms with E-state index in [1.54, 1.807) is 29.8 Å². The summed E-state index contributed by atoms with van der Waals surface area (Å²) in [6.45, 7) is 1.72. The SMILES string of the molecule is CCOC(=O)NS(=O)(=O)Nc1cccc(CCCO)c1. The lowest BCUT2D eigenvalue weighted by molar-refractivity contribution is 0.159. The van der Waals surface area contributed by atoms with Gasteiger partial charge in [0.05, 0.1) is 12.3 Å². The average molecular weight is 302 g/mol. The van der Waals surface area contributed by atoms with E-state index in [0.717, 1.165) is 5.56 Å². The van der Waals surface area contributed by atoms with E-state index in [1.165, 1.54) is 0 Å². The molecule has 0 radical (unpaired) electrons. The molecule has 0 aliphatic heterocycles. The van der Waals surface area contributed by atoms with Crippen molar-refractivity contribution in [1.82, 2.24) is 4.72 Å². The molecule has 0 saturated heterocycles. The van der Waals surface area contributed by atoms with Crippen molar-refractivity contribution in [3.05, 3.63) is 29.8 Å². The number of carbonyl (C=O) groups excluding carboxylic acids is 1. The van der Waals surface area contributed by atoms with Crippen molar-refractivity contribution in [3.8, 4) is 0 Å². The minimum absolute atomic E-state index is 0.0698. The number of aliphatic hydroxyl groups excluding tert-OH is 1. The number of benzene rings is 1. The first-order valence-corrected chi connectivity index (χ1v) is 7.62. The van der Waals surface area contributed by atoms with Crippen molar-refractivity contribution in [2.24, 2.45) is 0 Å². The summed E-state index contributed by atoms with van der Waals surface area (Å²) in [5.41, 5.74) is 1.22. The van der Waals surface area contributed by atoms with Crippen molar-refractivity contribution in [3.63, 3.8) is 0 Å². The van der Waals surface area contributed by atoms with Crippen molar-refractivity contribution >= 4 is 22.0 Å². The highest BCUT2D eigenvalue weighted by molar-refractivity contribution is 7.91. The van der Waals surface area contributed by atoms with Crippen molar-refractivity contribution in [2.75, 3.05) is 17.9 Å². The lowest BCUT2D eigenvalue weighted by atomic mass is 10.1. The van der Waals surface area contributed by atoms with Crippen LogP contribution in [-0.2, 0) is 21.4 Å². The molecule has 1 amide bonds. The summed E-state index contributed by atoms with van der Waals surface area (Å²) >= 11 is 0. The van der Waals surface area contributed by atoms with Crippen LogP contribution in [0.2, 0.25) is 0 Å². The van der Waals surface area contributed by atoms with Gasteiger partial charge in [-0.25, -0.2) is 9.52 Å². The number of ether oxygens (including phenoxy) is 1. The van der Waals surface area contributed by atoms with Crippen LogP contribution in [0.4, 0.5) is 10.5 Å². The molecule has 3 N–H and O–H groups in total. The molecule has 0 saturated carbocycles. The second-order valence-corrected chi connectivity index (χ2v) is 5.37. The largest absolute Gasteiger partial charge is 0.449 e. The Hall–Kier alpha value is -1.80. The lowest BCUT2D eigenvalue weighted by Crippen LogP contribution is -2.35. The van der Waals surface area contributed by atoms with Crippen molar-refractivity contribution in [1.29, 1.82) is 0 Å². The first-order chi connectivity index (χ1) is 9.46. The molecule has 0 heterocycles. The van der Waals surface area contributed by atoms with E-state index in [4.69, 9.17) is 5.11 Å². The molecule has 20 heavy (non-hydrogen) atoms. The number of hydrogen-bond acceptors (Lipinski definition) is 5. The molecule has 0 unspecified atom stereocenters. The number of nitrogens with one attached hydrogen (secondary N) is 2. The predicted molar refractivity (Wildman–Crippen MR) is 74.5 cm³/mol. The van der Waals surface area contributed by atoms with Gasteiger partial charge in [0.25, 0.3) is 0 Å². The van der Waals surface area contributed by atoms with Gasteiger partial charge in [-0.2, -0.15) is 8.42 Å². The monoisotopic (exact) mass is 302 g/mol. The fourth-order valence-corrected chi connectivity index (χ4v) is 2.29. The average Bonchev–Trinajstić information content (AvgIpc) is 2.35. The second kappa shape index (κ2) is 7.71. The van der Waals surface area contributed by atoms with Gasteiger partial charge < -0.3 is 9.84 Å². The molecule has 8 heteroatoms. The summed E-state index contributed by atoms with van der Waals surface area (Å²) < 4.78 is 31.7. The van der Waals surface area contributed by atoms with Gasteiger partial charge in [0.15, 0.2) is 0 Å². The lowest BCUT2D eigenvalue weighted by Gasteiger charge is -2.10. The van der Waals surface area contributed by atoms with E-state index >= 15 is 0 Å². The first-order valence-electron chi connectivity index (χ1n) is 6.14. The zero-order valence-corrected chi connectivity index (χ0v) is 11.9. The van der Waals surface area contributed by atoms with Gasteiger partial charge >= 0.3 is 16.3 Å². The number of hydrogen-bond donors (Lipinski definition) is 3. The standard InChI is InChI=1S/C12H18N2O5S/c1-2-19-12(16)14-20(17,18)13-11-7-3-5-10(9-11)6-4-8-15/h3,5,7,9,13,15H,2,4,6,8H2,1H3,(H,14,16). The van der Waals surface area contributed by atoms with Crippen LogP contribution >= 0.6 is 0 Å². The van der Waals surface area contributed by atoms with Crippen LogP contribution < -0.4 is 9.44 Å². The fraction of sp³-hybridized carbons (Fsp3) is 0.417. The summed E-state index contributed by atoms with van der Waals surface area (Å²) in [7, 11) is -4.02. The van der Waals surface area contributed by atoms with Crippen LogP contribution in [0.5, 0.6) is 0 Å². The van der Waals surface area contributed by atoms with Crippen molar-refractivity contribution in [2.45, 2.75) is 19.8 Å².